The maximum absolute atomic E-state index is 12.8. The number of piperazine rings is 1. The first-order valence-corrected chi connectivity index (χ1v) is 10.1. The monoisotopic (exact) mass is 375 g/mol. The lowest BCUT2D eigenvalue weighted by molar-refractivity contribution is 0.0627. The van der Waals surface area contributed by atoms with Crippen LogP contribution in [-0.2, 0) is 6.54 Å². The van der Waals surface area contributed by atoms with E-state index in [4.69, 9.17) is 0 Å². The van der Waals surface area contributed by atoms with E-state index in [0.717, 1.165) is 60.1 Å². The van der Waals surface area contributed by atoms with Gasteiger partial charge in [-0.1, -0.05) is 24.3 Å². The van der Waals surface area contributed by atoms with Crippen molar-refractivity contribution in [2.24, 2.45) is 0 Å². The molecule has 6 heteroatoms. The van der Waals surface area contributed by atoms with E-state index >= 15 is 0 Å². The number of carbonyl (C=O) groups excluding carboxylic acids is 1. The normalized spacial score (nSPS) is 17.8. The number of H-pyrrole nitrogens is 1. The van der Waals surface area contributed by atoms with Crippen molar-refractivity contribution in [2.75, 3.05) is 31.5 Å². The first kappa shape index (κ1) is 17.3. The Labute approximate surface area is 164 Å². The van der Waals surface area contributed by atoms with E-state index in [1.807, 2.05) is 53.4 Å². The second kappa shape index (κ2) is 7.28. The van der Waals surface area contributed by atoms with Crippen LogP contribution in [-0.4, -0.2) is 58.1 Å². The molecule has 1 aliphatic carbocycles. The van der Waals surface area contributed by atoms with Gasteiger partial charge >= 0.3 is 0 Å². The average molecular weight is 375 g/mol. The third-order valence-corrected chi connectivity index (χ3v) is 5.80. The number of aromatic nitrogens is 2. The molecule has 1 saturated heterocycles. The highest BCUT2D eigenvalue weighted by Gasteiger charge is 2.32. The minimum atomic E-state index is 0.147. The highest BCUT2D eigenvalue weighted by molar-refractivity contribution is 5.94. The van der Waals surface area contributed by atoms with Crippen molar-refractivity contribution in [1.82, 2.24) is 20.0 Å². The summed E-state index contributed by atoms with van der Waals surface area (Å²) in [6, 6.07) is 16.8. The molecule has 0 atom stereocenters. The number of benzene rings is 2. The summed E-state index contributed by atoms with van der Waals surface area (Å²) in [5.74, 6) is 0.998. The third kappa shape index (κ3) is 3.47. The van der Waals surface area contributed by atoms with Gasteiger partial charge in [-0.15, -0.1) is 0 Å². The number of aromatic amines is 1. The number of fused-ring (bicyclic) bond motifs is 1. The fourth-order valence-corrected chi connectivity index (χ4v) is 3.96. The van der Waals surface area contributed by atoms with Gasteiger partial charge in [-0.25, -0.2) is 0 Å². The number of anilines is 1. The summed E-state index contributed by atoms with van der Waals surface area (Å²) in [5, 5.41) is 11.8. The van der Waals surface area contributed by atoms with Crippen LogP contribution >= 0.6 is 0 Å². The molecule has 2 aliphatic rings. The number of rotatable bonds is 5. The standard InChI is InChI=1S/C22H25N5O/c28-22(27-13-11-26(12-14-27)18-9-10-18)17-7-5-16(6-8-17)15-23-21-19-3-1-2-4-20(19)24-25-21/h1-8,18H,9-15H2,(H2,23,24,25). The van der Waals surface area contributed by atoms with E-state index in [2.05, 4.69) is 20.4 Å². The number of nitrogens with one attached hydrogen (secondary N) is 2. The topological polar surface area (TPSA) is 64.3 Å². The molecule has 28 heavy (non-hydrogen) atoms. The second-order valence-electron chi connectivity index (χ2n) is 7.73. The predicted octanol–water partition coefficient (Wildman–Crippen LogP) is 3.10. The molecule has 6 nitrogen and oxygen atoms in total. The highest BCUT2D eigenvalue weighted by Crippen LogP contribution is 2.27. The Morgan fingerprint density at radius 1 is 1.04 bits per heavy atom. The molecule has 1 aromatic heterocycles. The molecule has 0 radical (unpaired) electrons. The van der Waals surface area contributed by atoms with Gasteiger partial charge in [0.2, 0.25) is 0 Å². The number of amides is 1. The van der Waals surface area contributed by atoms with Crippen molar-refractivity contribution in [2.45, 2.75) is 25.4 Å². The number of hydrogen-bond acceptors (Lipinski definition) is 4. The first-order valence-electron chi connectivity index (χ1n) is 10.1. The van der Waals surface area contributed by atoms with Crippen LogP contribution in [0, 0.1) is 0 Å². The lowest BCUT2D eigenvalue weighted by Gasteiger charge is -2.34. The lowest BCUT2D eigenvalue weighted by atomic mass is 10.1. The Balaban J connectivity index is 1.19. The SMILES string of the molecule is O=C(c1ccc(CNc2n[nH]c3ccccc23)cc1)N1CCN(C2CC2)CC1. The Hall–Kier alpha value is -2.86. The molecular formula is C22H25N5O. The molecule has 1 aliphatic heterocycles. The zero-order valence-electron chi connectivity index (χ0n) is 15.9. The van der Waals surface area contributed by atoms with Crippen LogP contribution in [0.5, 0.6) is 0 Å². The minimum Gasteiger partial charge on any atom is -0.364 e. The van der Waals surface area contributed by atoms with Crippen LogP contribution < -0.4 is 5.32 Å². The van der Waals surface area contributed by atoms with Gasteiger partial charge < -0.3 is 10.2 Å². The second-order valence-corrected chi connectivity index (χ2v) is 7.73. The van der Waals surface area contributed by atoms with Crippen LogP contribution in [0.15, 0.2) is 48.5 Å². The fraction of sp³-hybridized carbons (Fsp3) is 0.364. The largest absolute Gasteiger partial charge is 0.364 e. The molecule has 0 unspecified atom stereocenters. The van der Waals surface area contributed by atoms with Gasteiger partial charge in [-0.05, 0) is 42.7 Å². The van der Waals surface area contributed by atoms with Crippen molar-refractivity contribution in [3.05, 3.63) is 59.7 Å². The molecule has 1 saturated carbocycles. The third-order valence-electron chi connectivity index (χ3n) is 5.80. The Kier molecular flexibility index (Phi) is 4.49. The summed E-state index contributed by atoms with van der Waals surface area (Å²) >= 11 is 0. The molecular weight excluding hydrogens is 350 g/mol. The number of nitrogens with zero attached hydrogens (tertiary/aromatic N) is 3. The molecule has 2 aromatic carbocycles. The van der Waals surface area contributed by atoms with E-state index in [1.54, 1.807) is 0 Å². The van der Waals surface area contributed by atoms with Gasteiger partial charge in [0.15, 0.2) is 5.82 Å². The van der Waals surface area contributed by atoms with Gasteiger partial charge in [0.05, 0.1) is 5.52 Å². The summed E-state index contributed by atoms with van der Waals surface area (Å²) < 4.78 is 0. The summed E-state index contributed by atoms with van der Waals surface area (Å²) in [5.41, 5.74) is 2.92. The van der Waals surface area contributed by atoms with E-state index < -0.39 is 0 Å². The van der Waals surface area contributed by atoms with Crippen molar-refractivity contribution in [3.8, 4) is 0 Å². The smallest absolute Gasteiger partial charge is 0.253 e. The van der Waals surface area contributed by atoms with Crippen molar-refractivity contribution < 1.29 is 4.79 Å². The van der Waals surface area contributed by atoms with E-state index in [-0.39, 0.29) is 5.91 Å². The Morgan fingerprint density at radius 3 is 2.54 bits per heavy atom. The molecule has 0 spiro atoms. The molecule has 0 bridgehead atoms. The van der Waals surface area contributed by atoms with Crippen molar-refractivity contribution >= 4 is 22.6 Å². The molecule has 2 fully saturated rings. The summed E-state index contributed by atoms with van der Waals surface area (Å²) in [7, 11) is 0. The van der Waals surface area contributed by atoms with Gasteiger partial charge in [-0.2, -0.15) is 5.10 Å². The fourth-order valence-electron chi connectivity index (χ4n) is 3.96. The number of hydrogen-bond donors (Lipinski definition) is 2. The highest BCUT2D eigenvalue weighted by atomic mass is 16.2. The molecule has 5 rings (SSSR count). The quantitative estimate of drug-likeness (QED) is 0.719. The first-order chi connectivity index (χ1) is 13.8. The van der Waals surface area contributed by atoms with Crippen LogP contribution in [0.2, 0.25) is 0 Å². The zero-order chi connectivity index (χ0) is 18.9. The van der Waals surface area contributed by atoms with E-state index in [0.29, 0.717) is 6.54 Å². The maximum Gasteiger partial charge on any atom is 0.253 e. The van der Waals surface area contributed by atoms with Crippen molar-refractivity contribution in [1.29, 1.82) is 0 Å². The maximum atomic E-state index is 12.8. The van der Waals surface area contributed by atoms with E-state index in [9.17, 15) is 4.79 Å². The van der Waals surface area contributed by atoms with Crippen LogP contribution in [0.1, 0.15) is 28.8 Å². The van der Waals surface area contributed by atoms with Crippen LogP contribution in [0.4, 0.5) is 5.82 Å². The summed E-state index contributed by atoms with van der Waals surface area (Å²) in [6.45, 7) is 4.37. The predicted molar refractivity (Wildman–Crippen MR) is 110 cm³/mol. The van der Waals surface area contributed by atoms with Crippen LogP contribution in [0.3, 0.4) is 0 Å². The van der Waals surface area contributed by atoms with Gasteiger partial charge in [0.1, 0.15) is 0 Å². The van der Waals surface area contributed by atoms with Gasteiger partial charge in [0, 0.05) is 49.7 Å². The molecule has 1 amide bonds. The molecule has 144 valence electrons. The van der Waals surface area contributed by atoms with E-state index in [1.165, 1.54) is 12.8 Å². The zero-order valence-corrected chi connectivity index (χ0v) is 15.9. The van der Waals surface area contributed by atoms with Gasteiger partial charge in [0.25, 0.3) is 5.91 Å². The lowest BCUT2D eigenvalue weighted by Crippen LogP contribution is -2.49. The average Bonchev–Trinajstić information content (AvgIpc) is 3.53. The Bertz CT molecular complexity index is 968. The van der Waals surface area contributed by atoms with Gasteiger partial charge in [-0.3, -0.25) is 14.8 Å². The molecule has 3 aromatic rings. The Morgan fingerprint density at radius 2 is 1.79 bits per heavy atom. The van der Waals surface area contributed by atoms with Crippen molar-refractivity contribution in [3.63, 3.8) is 0 Å². The summed E-state index contributed by atoms with van der Waals surface area (Å²) in [6.07, 6.45) is 2.66. The number of para-hydroxylation sites is 1. The minimum absolute atomic E-state index is 0.147. The number of carbonyl (C=O) groups is 1. The molecule has 2 heterocycles. The molecule has 2 N–H and O–H groups in total. The van der Waals surface area contributed by atoms with Crippen LogP contribution in [0.25, 0.3) is 10.9 Å². The summed E-state index contributed by atoms with van der Waals surface area (Å²) in [4.78, 5) is 17.3.